The summed E-state index contributed by atoms with van der Waals surface area (Å²) in [5, 5.41) is 0. The quantitative estimate of drug-likeness (QED) is 0.713. The van der Waals surface area contributed by atoms with Crippen LogP contribution >= 0.6 is 7.60 Å². The standard InChI is InChI=1S/C11H14N5O3P/c12-10-9-11(14-5-13-10)16(6-15-9)4-8-3-7(8)1-2-20(17,18)19/h4-7H,1-3H2,(H2,12,13,14)(H2,17,18,19)/b8-4-. The van der Waals surface area contributed by atoms with Gasteiger partial charge < -0.3 is 15.5 Å². The molecule has 1 aliphatic carbocycles. The summed E-state index contributed by atoms with van der Waals surface area (Å²) in [4.78, 5) is 29.9. The molecule has 2 aromatic heterocycles. The Morgan fingerprint density at radius 1 is 1.45 bits per heavy atom. The summed E-state index contributed by atoms with van der Waals surface area (Å²) in [6.07, 6.45) is 6.16. The maximum atomic E-state index is 10.8. The molecule has 0 saturated heterocycles. The molecule has 3 rings (SSSR count). The van der Waals surface area contributed by atoms with E-state index in [1.54, 1.807) is 10.9 Å². The van der Waals surface area contributed by atoms with Crippen molar-refractivity contribution in [3.05, 3.63) is 18.2 Å². The van der Waals surface area contributed by atoms with Crippen molar-refractivity contribution in [2.75, 3.05) is 11.9 Å². The van der Waals surface area contributed by atoms with Crippen LogP contribution in [0, 0.1) is 5.92 Å². The molecule has 9 heteroatoms. The van der Waals surface area contributed by atoms with Crippen LogP contribution in [0.5, 0.6) is 0 Å². The molecule has 1 saturated carbocycles. The third-order valence-electron chi connectivity index (χ3n) is 3.31. The van der Waals surface area contributed by atoms with Crippen molar-refractivity contribution in [1.29, 1.82) is 0 Å². The highest BCUT2D eigenvalue weighted by atomic mass is 31.2. The van der Waals surface area contributed by atoms with Crippen LogP contribution in [0.15, 0.2) is 18.2 Å². The third-order valence-corrected chi connectivity index (χ3v) is 4.15. The van der Waals surface area contributed by atoms with Gasteiger partial charge in [-0.05, 0) is 24.3 Å². The highest BCUT2D eigenvalue weighted by Crippen LogP contribution is 2.46. The predicted octanol–water partition coefficient (Wildman–Crippen LogP) is 0.837. The maximum absolute atomic E-state index is 10.8. The number of nitrogen functional groups attached to an aromatic ring is 1. The lowest BCUT2D eigenvalue weighted by Crippen LogP contribution is -1.94. The van der Waals surface area contributed by atoms with Crippen LogP contribution in [0.2, 0.25) is 0 Å². The van der Waals surface area contributed by atoms with Crippen molar-refractivity contribution in [3.8, 4) is 0 Å². The van der Waals surface area contributed by atoms with Gasteiger partial charge in [0.2, 0.25) is 0 Å². The molecule has 0 amide bonds. The van der Waals surface area contributed by atoms with Crippen molar-refractivity contribution in [2.45, 2.75) is 12.8 Å². The fraction of sp³-hybridized carbons (Fsp3) is 0.364. The zero-order valence-electron chi connectivity index (χ0n) is 10.5. The molecule has 1 unspecified atom stereocenters. The zero-order valence-corrected chi connectivity index (χ0v) is 11.4. The van der Waals surface area contributed by atoms with E-state index >= 15 is 0 Å². The molecule has 1 atom stereocenters. The van der Waals surface area contributed by atoms with Crippen LogP contribution in [0.4, 0.5) is 5.82 Å². The van der Waals surface area contributed by atoms with E-state index in [0.717, 1.165) is 12.0 Å². The van der Waals surface area contributed by atoms with E-state index in [9.17, 15) is 4.57 Å². The molecule has 0 bridgehead atoms. The van der Waals surface area contributed by atoms with E-state index in [1.807, 2.05) is 6.20 Å². The number of nitrogens with two attached hydrogens (primary N) is 1. The van der Waals surface area contributed by atoms with E-state index in [-0.39, 0.29) is 12.1 Å². The van der Waals surface area contributed by atoms with Crippen LogP contribution in [-0.2, 0) is 4.57 Å². The Morgan fingerprint density at radius 2 is 2.25 bits per heavy atom. The highest BCUT2D eigenvalue weighted by Gasteiger charge is 2.31. The first kappa shape index (κ1) is 13.2. The molecule has 20 heavy (non-hydrogen) atoms. The summed E-state index contributed by atoms with van der Waals surface area (Å²) in [5.74, 6) is 0.570. The second kappa shape index (κ2) is 4.66. The van der Waals surface area contributed by atoms with Crippen molar-refractivity contribution >= 4 is 30.8 Å². The molecule has 2 aromatic rings. The summed E-state index contributed by atoms with van der Waals surface area (Å²) >= 11 is 0. The Kier molecular flexibility index (Phi) is 3.08. The van der Waals surface area contributed by atoms with Gasteiger partial charge in [-0.1, -0.05) is 0 Å². The minimum atomic E-state index is -3.91. The molecular weight excluding hydrogens is 281 g/mol. The zero-order chi connectivity index (χ0) is 14.3. The van der Waals surface area contributed by atoms with Gasteiger partial charge in [0, 0.05) is 6.20 Å². The first-order valence-corrected chi connectivity index (χ1v) is 7.92. The number of nitrogens with zero attached hydrogens (tertiary/aromatic N) is 4. The number of rotatable bonds is 4. The molecule has 0 radical (unpaired) electrons. The lowest BCUT2D eigenvalue weighted by Gasteiger charge is -2.00. The second-order valence-electron chi connectivity index (χ2n) is 4.86. The van der Waals surface area contributed by atoms with Gasteiger partial charge in [0.05, 0.1) is 6.16 Å². The van der Waals surface area contributed by atoms with Crippen molar-refractivity contribution in [1.82, 2.24) is 19.5 Å². The fourth-order valence-corrected chi connectivity index (χ4v) is 2.79. The number of hydrogen-bond acceptors (Lipinski definition) is 5. The van der Waals surface area contributed by atoms with E-state index in [0.29, 0.717) is 23.4 Å². The minimum Gasteiger partial charge on any atom is -0.382 e. The summed E-state index contributed by atoms with van der Waals surface area (Å²) in [5.41, 5.74) is 8.02. The number of allylic oxidation sites excluding steroid dienone is 1. The minimum absolute atomic E-state index is 0.0746. The van der Waals surface area contributed by atoms with Gasteiger partial charge >= 0.3 is 7.60 Å². The van der Waals surface area contributed by atoms with E-state index in [1.165, 1.54) is 6.33 Å². The van der Waals surface area contributed by atoms with E-state index < -0.39 is 7.60 Å². The van der Waals surface area contributed by atoms with Gasteiger partial charge in [-0.3, -0.25) is 9.13 Å². The average Bonchev–Trinajstić information content (AvgIpc) is 2.97. The lowest BCUT2D eigenvalue weighted by molar-refractivity contribution is 0.370. The van der Waals surface area contributed by atoms with Crippen molar-refractivity contribution < 1.29 is 14.4 Å². The van der Waals surface area contributed by atoms with Gasteiger partial charge in [0.1, 0.15) is 12.7 Å². The Bertz CT molecular complexity index is 735. The maximum Gasteiger partial charge on any atom is 0.325 e. The van der Waals surface area contributed by atoms with Gasteiger partial charge in [-0.25, -0.2) is 15.0 Å². The molecule has 8 nitrogen and oxygen atoms in total. The molecule has 1 fully saturated rings. The summed E-state index contributed by atoms with van der Waals surface area (Å²) in [6.45, 7) is 0. The van der Waals surface area contributed by atoms with Crippen LogP contribution in [0.25, 0.3) is 17.4 Å². The topological polar surface area (TPSA) is 127 Å². The Hall–Kier alpha value is -1.76. The number of hydrogen-bond donors (Lipinski definition) is 3. The van der Waals surface area contributed by atoms with Crippen LogP contribution < -0.4 is 5.73 Å². The molecule has 2 heterocycles. The Morgan fingerprint density at radius 3 is 3.00 bits per heavy atom. The number of anilines is 1. The fourth-order valence-electron chi connectivity index (χ4n) is 2.14. The molecule has 4 N–H and O–H groups in total. The molecule has 1 aliphatic rings. The van der Waals surface area contributed by atoms with Gasteiger partial charge in [0.15, 0.2) is 17.0 Å². The van der Waals surface area contributed by atoms with Crippen LogP contribution in [-0.4, -0.2) is 35.5 Å². The normalized spacial score (nSPS) is 20.7. The monoisotopic (exact) mass is 295 g/mol. The summed E-state index contributed by atoms with van der Waals surface area (Å²) < 4.78 is 12.6. The largest absolute Gasteiger partial charge is 0.382 e. The van der Waals surface area contributed by atoms with Gasteiger partial charge in [0.25, 0.3) is 0 Å². The highest BCUT2D eigenvalue weighted by molar-refractivity contribution is 7.51. The second-order valence-corrected chi connectivity index (χ2v) is 6.64. The number of imidazole rings is 1. The molecule has 106 valence electrons. The molecular formula is C11H14N5O3P. The van der Waals surface area contributed by atoms with Crippen molar-refractivity contribution in [2.24, 2.45) is 5.92 Å². The van der Waals surface area contributed by atoms with Crippen molar-refractivity contribution in [3.63, 3.8) is 0 Å². The van der Waals surface area contributed by atoms with Gasteiger partial charge in [-0.15, -0.1) is 0 Å². The summed E-state index contributed by atoms with van der Waals surface area (Å²) in [6, 6.07) is 0. The first-order chi connectivity index (χ1) is 9.44. The average molecular weight is 295 g/mol. The molecule has 0 spiro atoms. The molecule has 0 aliphatic heterocycles. The smallest absolute Gasteiger partial charge is 0.325 e. The number of aromatic nitrogens is 4. The van der Waals surface area contributed by atoms with Crippen LogP contribution in [0.3, 0.4) is 0 Å². The van der Waals surface area contributed by atoms with E-state index in [2.05, 4.69) is 15.0 Å². The predicted molar refractivity (Wildman–Crippen MR) is 73.6 cm³/mol. The SMILES string of the molecule is Nc1ncnc2c1ncn2/C=C1/CC1CCP(=O)(O)O. The summed E-state index contributed by atoms with van der Waals surface area (Å²) in [7, 11) is -3.91. The van der Waals surface area contributed by atoms with Gasteiger partial charge in [-0.2, -0.15) is 0 Å². The van der Waals surface area contributed by atoms with E-state index in [4.69, 9.17) is 15.5 Å². The molecule has 0 aromatic carbocycles. The number of fused-ring (bicyclic) bond motifs is 1. The lowest BCUT2D eigenvalue weighted by atomic mass is 10.3. The third kappa shape index (κ3) is 2.72. The first-order valence-electron chi connectivity index (χ1n) is 6.12. The Labute approximate surface area is 114 Å². The van der Waals surface area contributed by atoms with Crippen LogP contribution in [0.1, 0.15) is 12.8 Å². The Balaban J connectivity index is 1.76.